The van der Waals surface area contributed by atoms with E-state index in [0.29, 0.717) is 6.41 Å². The van der Waals surface area contributed by atoms with Crippen molar-refractivity contribution >= 4 is 28.3 Å². The molecule has 126 valence electrons. The van der Waals surface area contributed by atoms with E-state index in [-0.39, 0.29) is 6.54 Å². The van der Waals surface area contributed by atoms with Crippen molar-refractivity contribution in [3.63, 3.8) is 0 Å². The highest BCUT2D eigenvalue weighted by Gasteiger charge is 1.96. The van der Waals surface area contributed by atoms with Crippen LogP contribution in [-0.4, -0.2) is 33.1 Å². The highest BCUT2D eigenvalue weighted by molar-refractivity contribution is 9.10. The number of carbonyl (C=O) groups is 2. The lowest BCUT2D eigenvalue weighted by Gasteiger charge is -2.02. The van der Waals surface area contributed by atoms with Gasteiger partial charge in [-0.1, -0.05) is 32.8 Å². The van der Waals surface area contributed by atoms with Crippen molar-refractivity contribution in [2.24, 2.45) is 0 Å². The van der Waals surface area contributed by atoms with E-state index in [9.17, 15) is 9.59 Å². The van der Waals surface area contributed by atoms with Crippen LogP contribution in [0.2, 0.25) is 0 Å². The van der Waals surface area contributed by atoms with Crippen molar-refractivity contribution in [3.8, 4) is 5.75 Å². The molecular weight excluding hydrogens is 350 g/mol. The summed E-state index contributed by atoms with van der Waals surface area (Å²) >= 11 is 3.37. The molecule has 0 saturated carbocycles. The van der Waals surface area contributed by atoms with E-state index in [2.05, 4.69) is 39.8 Å². The third-order valence-corrected chi connectivity index (χ3v) is 3.02. The number of carbonyl (C=O) groups excluding carboxylic acids is 2. The van der Waals surface area contributed by atoms with E-state index in [1.807, 2.05) is 25.1 Å². The maximum absolute atomic E-state index is 10.1. The Labute approximate surface area is 141 Å². The molecule has 0 aliphatic heterocycles. The Morgan fingerprint density at radius 1 is 1.27 bits per heavy atom. The zero-order valence-electron chi connectivity index (χ0n) is 13.9. The molecule has 0 aliphatic rings. The SMILES string of the molecule is CCCC.COC(=O)CNC=O.COc1cc(C)ccc1Br. The van der Waals surface area contributed by atoms with E-state index in [1.54, 1.807) is 7.11 Å². The third kappa shape index (κ3) is 13.4. The molecule has 0 fully saturated rings. The lowest BCUT2D eigenvalue weighted by molar-refractivity contribution is -0.140. The molecule has 1 aromatic rings. The molecule has 0 saturated heterocycles. The van der Waals surface area contributed by atoms with E-state index < -0.39 is 5.97 Å². The Hall–Kier alpha value is -1.56. The van der Waals surface area contributed by atoms with Crippen LogP contribution in [0.5, 0.6) is 5.75 Å². The number of methoxy groups -OCH3 is 2. The number of ether oxygens (including phenoxy) is 2. The predicted octanol–water partition coefficient (Wildman–Crippen LogP) is 3.48. The Morgan fingerprint density at radius 3 is 2.23 bits per heavy atom. The first-order valence-electron chi connectivity index (χ1n) is 7.00. The number of unbranched alkanes of at least 4 members (excludes halogenated alkanes) is 1. The molecular formula is C16H26BrNO4. The molecule has 0 unspecified atom stereocenters. The number of halogens is 1. The van der Waals surface area contributed by atoms with Gasteiger partial charge in [0.15, 0.2) is 0 Å². The van der Waals surface area contributed by atoms with Crippen LogP contribution in [0.15, 0.2) is 22.7 Å². The second-order valence-corrected chi connectivity index (χ2v) is 5.07. The first-order valence-corrected chi connectivity index (χ1v) is 7.79. The minimum atomic E-state index is -0.447. The van der Waals surface area contributed by atoms with Gasteiger partial charge in [-0.2, -0.15) is 0 Å². The quantitative estimate of drug-likeness (QED) is 0.631. The lowest BCUT2D eigenvalue weighted by atomic mass is 10.2. The number of nitrogens with one attached hydrogen (secondary N) is 1. The smallest absolute Gasteiger partial charge is 0.325 e. The average Bonchev–Trinajstić information content (AvgIpc) is 2.55. The number of esters is 1. The maximum Gasteiger partial charge on any atom is 0.325 e. The molecule has 5 nitrogen and oxygen atoms in total. The van der Waals surface area contributed by atoms with E-state index in [1.165, 1.54) is 25.5 Å². The van der Waals surface area contributed by atoms with Crippen LogP contribution in [0.1, 0.15) is 32.3 Å². The number of amides is 1. The average molecular weight is 376 g/mol. The normalized spacial score (nSPS) is 8.45. The molecule has 0 atom stereocenters. The van der Waals surface area contributed by atoms with Crippen molar-refractivity contribution < 1.29 is 19.1 Å². The summed E-state index contributed by atoms with van der Waals surface area (Å²) in [5, 5.41) is 2.14. The van der Waals surface area contributed by atoms with Crippen LogP contribution in [0.25, 0.3) is 0 Å². The number of aryl methyl sites for hydroxylation is 1. The Morgan fingerprint density at radius 2 is 1.86 bits per heavy atom. The van der Waals surface area contributed by atoms with Gasteiger partial charge in [0.05, 0.1) is 18.7 Å². The Balaban J connectivity index is 0. The molecule has 0 radical (unpaired) electrons. The zero-order chi connectivity index (χ0) is 17.4. The highest BCUT2D eigenvalue weighted by atomic mass is 79.9. The summed E-state index contributed by atoms with van der Waals surface area (Å²) in [6.07, 6.45) is 3.08. The number of hydrogen-bond donors (Lipinski definition) is 1. The maximum atomic E-state index is 10.1. The van der Waals surface area contributed by atoms with Gasteiger partial charge in [0.25, 0.3) is 0 Å². The second-order valence-electron chi connectivity index (χ2n) is 4.21. The molecule has 1 aromatic carbocycles. The predicted molar refractivity (Wildman–Crippen MR) is 92.1 cm³/mol. The van der Waals surface area contributed by atoms with Crippen LogP contribution < -0.4 is 10.1 Å². The summed E-state index contributed by atoms with van der Waals surface area (Å²) in [5.41, 5.74) is 1.21. The van der Waals surface area contributed by atoms with Crippen molar-refractivity contribution in [3.05, 3.63) is 28.2 Å². The summed E-state index contributed by atoms with van der Waals surface area (Å²) in [6, 6.07) is 6.00. The van der Waals surface area contributed by atoms with Crippen LogP contribution in [0.3, 0.4) is 0 Å². The molecule has 0 aromatic heterocycles. The van der Waals surface area contributed by atoms with Gasteiger partial charge in [-0.05, 0) is 40.5 Å². The van der Waals surface area contributed by atoms with E-state index >= 15 is 0 Å². The minimum Gasteiger partial charge on any atom is -0.496 e. The molecule has 6 heteroatoms. The van der Waals surface area contributed by atoms with Crippen molar-refractivity contribution in [1.82, 2.24) is 5.32 Å². The third-order valence-electron chi connectivity index (χ3n) is 2.36. The monoisotopic (exact) mass is 375 g/mol. The summed E-state index contributed by atoms with van der Waals surface area (Å²) in [4.78, 5) is 19.6. The zero-order valence-corrected chi connectivity index (χ0v) is 15.5. The molecule has 0 bridgehead atoms. The van der Waals surface area contributed by atoms with E-state index in [0.717, 1.165) is 10.2 Å². The van der Waals surface area contributed by atoms with Gasteiger partial charge < -0.3 is 14.8 Å². The van der Waals surface area contributed by atoms with Crippen LogP contribution in [0, 0.1) is 6.92 Å². The van der Waals surface area contributed by atoms with E-state index in [4.69, 9.17) is 4.74 Å². The Bertz CT molecular complexity index is 423. The molecule has 0 aliphatic carbocycles. The van der Waals surface area contributed by atoms with Gasteiger partial charge in [0, 0.05) is 0 Å². The molecule has 0 heterocycles. The number of rotatable bonds is 5. The minimum absolute atomic E-state index is 0.0556. The molecule has 22 heavy (non-hydrogen) atoms. The summed E-state index contributed by atoms with van der Waals surface area (Å²) in [5.74, 6) is 0.442. The summed E-state index contributed by atoms with van der Waals surface area (Å²) < 4.78 is 10.3. The van der Waals surface area contributed by atoms with Crippen molar-refractivity contribution in [2.45, 2.75) is 33.6 Å². The molecule has 1 amide bonds. The van der Waals surface area contributed by atoms with Gasteiger partial charge in [0.2, 0.25) is 6.41 Å². The summed E-state index contributed by atoms with van der Waals surface area (Å²) in [6.45, 7) is 6.34. The number of benzene rings is 1. The van der Waals surface area contributed by atoms with Gasteiger partial charge in [-0.25, -0.2) is 0 Å². The lowest BCUT2D eigenvalue weighted by Crippen LogP contribution is -2.21. The largest absolute Gasteiger partial charge is 0.496 e. The second kappa shape index (κ2) is 15.8. The molecule has 0 spiro atoms. The van der Waals surface area contributed by atoms with Crippen LogP contribution >= 0.6 is 15.9 Å². The fourth-order valence-electron chi connectivity index (χ4n) is 0.964. The van der Waals surface area contributed by atoms with Gasteiger partial charge in [-0.15, -0.1) is 0 Å². The molecule has 1 rings (SSSR count). The standard InChI is InChI=1S/C8H9BrO.C4H7NO3.C4H10/c1-6-3-4-7(9)8(5-6)10-2;1-8-4(7)2-5-3-6;1-3-4-2/h3-5H,1-2H3;3H,2H2,1H3,(H,5,6);3-4H2,1-2H3. The van der Waals surface area contributed by atoms with Gasteiger partial charge in [-0.3, -0.25) is 9.59 Å². The number of hydrogen-bond acceptors (Lipinski definition) is 4. The first kappa shape index (κ1) is 22.7. The van der Waals surface area contributed by atoms with Crippen molar-refractivity contribution in [2.75, 3.05) is 20.8 Å². The fraction of sp³-hybridized carbons (Fsp3) is 0.500. The van der Waals surface area contributed by atoms with Crippen molar-refractivity contribution in [1.29, 1.82) is 0 Å². The molecule has 1 N–H and O–H groups in total. The first-order chi connectivity index (χ1) is 10.5. The van der Waals surface area contributed by atoms with Gasteiger partial charge >= 0.3 is 5.97 Å². The Kier molecular flexibility index (Phi) is 16.3. The van der Waals surface area contributed by atoms with Crippen LogP contribution in [0.4, 0.5) is 0 Å². The highest BCUT2D eigenvalue weighted by Crippen LogP contribution is 2.24. The topological polar surface area (TPSA) is 64.6 Å². The van der Waals surface area contributed by atoms with Gasteiger partial charge in [0.1, 0.15) is 12.3 Å². The van der Waals surface area contributed by atoms with Crippen LogP contribution in [-0.2, 0) is 14.3 Å². The fourth-order valence-corrected chi connectivity index (χ4v) is 1.37. The summed E-state index contributed by atoms with van der Waals surface area (Å²) in [7, 11) is 2.92.